The van der Waals surface area contributed by atoms with E-state index in [1.807, 2.05) is 78.3 Å². The monoisotopic (exact) mass is 456 g/mol. The van der Waals surface area contributed by atoms with Gasteiger partial charge in [0.1, 0.15) is 5.75 Å². The van der Waals surface area contributed by atoms with E-state index in [9.17, 15) is 4.79 Å². The van der Waals surface area contributed by atoms with E-state index in [1.165, 1.54) is 5.57 Å². The first-order valence-electron chi connectivity index (χ1n) is 11.5. The molecule has 0 amide bonds. The van der Waals surface area contributed by atoms with Crippen molar-refractivity contribution < 1.29 is 14.6 Å². The lowest BCUT2D eigenvalue weighted by atomic mass is 10.0. The first-order chi connectivity index (χ1) is 16.4. The number of benzene rings is 2. The fourth-order valence-corrected chi connectivity index (χ4v) is 3.64. The van der Waals surface area contributed by atoms with Gasteiger partial charge < -0.3 is 9.84 Å². The Morgan fingerprint density at radius 2 is 1.82 bits per heavy atom. The van der Waals surface area contributed by atoms with Gasteiger partial charge in [0.05, 0.1) is 23.7 Å². The number of carboxylic acid groups (broad SMARTS) is 1. The molecule has 0 radical (unpaired) electrons. The van der Waals surface area contributed by atoms with Crippen molar-refractivity contribution in [3.63, 3.8) is 0 Å². The summed E-state index contributed by atoms with van der Waals surface area (Å²) in [6.45, 7) is 11.0. The number of ether oxygens (including phenoxy) is 1. The SMILES string of the molecule is C=C(/C=C\C(=C/C)C(C)C)n1nc(-c2ccccc2OCCCC(=O)O)cc1-c1ccccc1. The third-order valence-electron chi connectivity index (χ3n) is 5.47. The van der Waals surface area contributed by atoms with Crippen LogP contribution in [-0.4, -0.2) is 27.5 Å². The third-order valence-corrected chi connectivity index (χ3v) is 5.47. The van der Waals surface area contributed by atoms with Gasteiger partial charge in [-0.2, -0.15) is 5.10 Å². The Balaban J connectivity index is 1.98. The first kappa shape index (κ1) is 24.8. The maximum absolute atomic E-state index is 10.8. The van der Waals surface area contributed by atoms with Crippen LogP contribution in [0.15, 0.2) is 91.0 Å². The van der Waals surface area contributed by atoms with Gasteiger partial charge in [-0.25, -0.2) is 4.68 Å². The van der Waals surface area contributed by atoms with Crippen LogP contribution in [0.2, 0.25) is 0 Å². The number of aromatic nitrogens is 2. The second-order valence-corrected chi connectivity index (χ2v) is 8.30. The van der Waals surface area contributed by atoms with Crippen LogP contribution in [-0.2, 0) is 4.79 Å². The average molecular weight is 457 g/mol. The summed E-state index contributed by atoms with van der Waals surface area (Å²) in [6.07, 6.45) is 6.71. The van der Waals surface area contributed by atoms with Crippen LogP contribution < -0.4 is 4.74 Å². The molecule has 0 saturated carbocycles. The highest BCUT2D eigenvalue weighted by molar-refractivity contribution is 5.76. The predicted molar refractivity (Wildman–Crippen MR) is 139 cm³/mol. The van der Waals surface area contributed by atoms with E-state index in [4.69, 9.17) is 14.9 Å². The summed E-state index contributed by atoms with van der Waals surface area (Å²) >= 11 is 0. The van der Waals surface area contributed by atoms with Crippen molar-refractivity contribution in [1.29, 1.82) is 0 Å². The molecule has 5 nitrogen and oxygen atoms in total. The quantitative estimate of drug-likeness (QED) is 0.247. The number of para-hydroxylation sites is 1. The van der Waals surface area contributed by atoms with Crippen LogP contribution in [0.25, 0.3) is 28.2 Å². The normalized spacial score (nSPS) is 11.8. The van der Waals surface area contributed by atoms with Gasteiger partial charge in [-0.1, -0.05) is 75.0 Å². The van der Waals surface area contributed by atoms with Crippen LogP contribution in [0, 0.1) is 5.92 Å². The zero-order valence-electron chi connectivity index (χ0n) is 20.1. The van der Waals surface area contributed by atoms with Gasteiger partial charge >= 0.3 is 5.97 Å². The Bertz CT molecular complexity index is 1190. The van der Waals surface area contributed by atoms with Gasteiger partial charge in [-0.15, -0.1) is 0 Å². The Morgan fingerprint density at radius 1 is 1.12 bits per heavy atom. The van der Waals surface area contributed by atoms with Crippen LogP contribution in [0.1, 0.15) is 33.6 Å². The second-order valence-electron chi connectivity index (χ2n) is 8.30. The van der Waals surface area contributed by atoms with E-state index in [0.29, 0.717) is 24.7 Å². The minimum absolute atomic E-state index is 0.0751. The minimum atomic E-state index is -0.826. The summed E-state index contributed by atoms with van der Waals surface area (Å²) in [5.74, 6) is 0.267. The van der Waals surface area contributed by atoms with Crippen molar-refractivity contribution in [2.24, 2.45) is 5.92 Å². The second kappa shape index (κ2) is 11.8. The molecule has 1 heterocycles. The summed E-state index contributed by atoms with van der Waals surface area (Å²) in [4.78, 5) is 10.8. The lowest BCUT2D eigenvalue weighted by Gasteiger charge is -2.10. The smallest absolute Gasteiger partial charge is 0.303 e. The molecule has 0 spiro atoms. The predicted octanol–water partition coefficient (Wildman–Crippen LogP) is 7.09. The number of aliphatic carboxylic acids is 1. The highest BCUT2D eigenvalue weighted by atomic mass is 16.5. The Morgan fingerprint density at radius 3 is 2.50 bits per heavy atom. The van der Waals surface area contributed by atoms with E-state index in [1.54, 1.807) is 0 Å². The fraction of sp³-hybridized carbons (Fsp3) is 0.241. The molecule has 0 fully saturated rings. The molecule has 176 valence electrons. The van der Waals surface area contributed by atoms with Crippen LogP contribution in [0.3, 0.4) is 0 Å². The molecule has 3 aromatic rings. The minimum Gasteiger partial charge on any atom is -0.493 e. The van der Waals surface area contributed by atoms with Crippen molar-refractivity contribution in [3.05, 3.63) is 91.0 Å². The van der Waals surface area contributed by atoms with E-state index < -0.39 is 5.97 Å². The third kappa shape index (κ3) is 6.35. The summed E-state index contributed by atoms with van der Waals surface area (Å²) in [5.41, 5.74) is 5.56. The zero-order chi connectivity index (χ0) is 24.5. The largest absolute Gasteiger partial charge is 0.493 e. The molecule has 0 aliphatic rings. The van der Waals surface area contributed by atoms with Crippen LogP contribution in [0.5, 0.6) is 5.75 Å². The average Bonchev–Trinajstić information content (AvgIpc) is 3.28. The first-order valence-corrected chi connectivity index (χ1v) is 11.5. The molecular weight excluding hydrogens is 424 g/mol. The molecule has 0 unspecified atom stereocenters. The van der Waals surface area contributed by atoms with Crippen molar-refractivity contribution in [2.75, 3.05) is 6.61 Å². The van der Waals surface area contributed by atoms with Gasteiger partial charge in [-0.3, -0.25) is 4.79 Å². The number of rotatable bonds is 11. The van der Waals surface area contributed by atoms with Crippen molar-refractivity contribution in [1.82, 2.24) is 9.78 Å². The number of carbonyl (C=O) groups is 1. The molecule has 0 bridgehead atoms. The molecule has 3 rings (SSSR count). The highest BCUT2D eigenvalue weighted by Crippen LogP contribution is 2.33. The van der Waals surface area contributed by atoms with Gasteiger partial charge in [0.2, 0.25) is 0 Å². The summed E-state index contributed by atoms with van der Waals surface area (Å²) < 4.78 is 7.78. The van der Waals surface area contributed by atoms with E-state index in [2.05, 4.69) is 32.6 Å². The van der Waals surface area contributed by atoms with Gasteiger partial charge in [0.15, 0.2) is 0 Å². The lowest BCUT2D eigenvalue weighted by molar-refractivity contribution is -0.137. The molecular formula is C29H32N2O3. The van der Waals surface area contributed by atoms with Gasteiger partial charge in [0.25, 0.3) is 0 Å². The summed E-state index contributed by atoms with van der Waals surface area (Å²) in [5, 5.41) is 13.8. The Hall–Kier alpha value is -3.86. The summed E-state index contributed by atoms with van der Waals surface area (Å²) in [7, 11) is 0. The standard InChI is InChI=1S/C29H32N2O3/c1-5-23(21(2)3)18-17-22(4)31-27(24-12-7-6-8-13-24)20-26(30-31)25-14-9-10-15-28(25)34-19-11-16-29(32)33/h5-10,12-15,17-18,20-21H,4,11,16,19H2,1-3H3,(H,32,33)/b18-17-,23-5+. The molecule has 0 aliphatic heterocycles. The molecule has 5 heteroatoms. The number of hydrogen-bond donors (Lipinski definition) is 1. The summed E-state index contributed by atoms with van der Waals surface area (Å²) in [6, 6.07) is 19.8. The Labute approximate surface area is 201 Å². The van der Waals surface area contributed by atoms with Crippen molar-refractivity contribution in [3.8, 4) is 28.3 Å². The molecule has 0 aliphatic carbocycles. The molecule has 0 saturated heterocycles. The maximum atomic E-state index is 10.8. The maximum Gasteiger partial charge on any atom is 0.303 e. The van der Waals surface area contributed by atoms with Crippen molar-refractivity contribution >= 4 is 11.7 Å². The number of allylic oxidation sites excluding steroid dienone is 5. The van der Waals surface area contributed by atoms with Crippen LogP contribution in [0.4, 0.5) is 0 Å². The van der Waals surface area contributed by atoms with Gasteiger partial charge in [0, 0.05) is 17.5 Å². The topological polar surface area (TPSA) is 64.4 Å². The molecule has 1 N–H and O–H groups in total. The molecule has 1 aromatic heterocycles. The Kier molecular flexibility index (Phi) is 8.63. The van der Waals surface area contributed by atoms with E-state index in [0.717, 1.165) is 28.2 Å². The molecule has 2 aromatic carbocycles. The zero-order valence-corrected chi connectivity index (χ0v) is 20.1. The van der Waals surface area contributed by atoms with E-state index in [-0.39, 0.29) is 6.42 Å². The van der Waals surface area contributed by atoms with Crippen LogP contribution >= 0.6 is 0 Å². The fourth-order valence-electron chi connectivity index (χ4n) is 3.64. The number of carboxylic acids is 1. The highest BCUT2D eigenvalue weighted by Gasteiger charge is 2.16. The van der Waals surface area contributed by atoms with E-state index >= 15 is 0 Å². The lowest BCUT2D eigenvalue weighted by Crippen LogP contribution is -2.03. The molecule has 0 atom stereocenters. The molecule has 34 heavy (non-hydrogen) atoms. The number of hydrogen-bond acceptors (Lipinski definition) is 3. The van der Waals surface area contributed by atoms with Gasteiger partial charge in [-0.05, 0) is 49.1 Å². The van der Waals surface area contributed by atoms with Crippen molar-refractivity contribution in [2.45, 2.75) is 33.6 Å². The number of nitrogens with zero attached hydrogens (tertiary/aromatic N) is 2.